The molecule has 6 heteroatoms. The SMILES string of the molecule is Cc1ccnc(Cl)c1NCc1cc(Br)c2c(c1)OCCO2. The average molecular weight is 370 g/mol. The highest BCUT2D eigenvalue weighted by atomic mass is 79.9. The van der Waals surface area contributed by atoms with E-state index in [1.165, 1.54) is 0 Å². The van der Waals surface area contributed by atoms with Gasteiger partial charge in [-0.2, -0.15) is 0 Å². The summed E-state index contributed by atoms with van der Waals surface area (Å²) in [7, 11) is 0. The molecule has 0 radical (unpaired) electrons. The van der Waals surface area contributed by atoms with Gasteiger partial charge in [0.2, 0.25) is 0 Å². The quantitative estimate of drug-likeness (QED) is 0.824. The molecule has 1 aliphatic heterocycles. The molecule has 110 valence electrons. The molecule has 2 heterocycles. The zero-order chi connectivity index (χ0) is 14.8. The van der Waals surface area contributed by atoms with Crippen LogP contribution in [-0.4, -0.2) is 18.2 Å². The number of ether oxygens (including phenoxy) is 2. The molecular weight excluding hydrogens is 356 g/mol. The second-order valence-corrected chi connectivity index (χ2v) is 5.96. The van der Waals surface area contributed by atoms with Gasteiger partial charge in [-0.3, -0.25) is 0 Å². The summed E-state index contributed by atoms with van der Waals surface area (Å²) in [5.41, 5.74) is 2.99. The van der Waals surface area contributed by atoms with Crippen LogP contribution in [0.15, 0.2) is 28.9 Å². The fourth-order valence-corrected chi connectivity index (χ4v) is 3.07. The van der Waals surface area contributed by atoms with Gasteiger partial charge in [-0.25, -0.2) is 4.98 Å². The van der Waals surface area contributed by atoms with E-state index >= 15 is 0 Å². The molecule has 2 aromatic rings. The van der Waals surface area contributed by atoms with Gasteiger partial charge in [0, 0.05) is 12.7 Å². The lowest BCUT2D eigenvalue weighted by Crippen LogP contribution is -2.16. The van der Waals surface area contributed by atoms with Crippen LogP contribution in [-0.2, 0) is 6.54 Å². The highest BCUT2D eigenvalue weighted by Crippen LogP contribution is 2.38. The van der Waals surface area contributed by atoms with Crippen LogP contribution in [0.5, 0.6) is 11.5 Å². The van der Waals surface area contributed by atoms with E-state index in [4.69, 9.17) is 21.1 Å². The van der Waals surface area contributed by atoms with Gasteiger partial charge in [0.15, 0.2) is 16.7 Å². The van der Waals surface area contributed by atoms with E-state index in [1.807, 2.05) is 25.1 Å². The smallest absolute Gasteiger partial charge is 0.175 e. The van der Waals surface area contributed by atoms with Crippen molar-refractivity contribution >= 4 is 33.2 Å². The summed E-state index contributed by atoms with van der Waals surface area (Å²) in [5.74, 6) is 1.53. The standard InChI is InChI=1S/C15H14BrClN2O2/c1-9-2-3-18-15(17)13(9)19-8-10-6-11(16)14-12(7-10)20-4-5-21-14/h2-3,6-7,19H,4-5,8H2,1H3. The molecule has 4 nitrogen and oxygen atoms in total. The average Bonchev–Trinajstić information content (AvgIpc) is 2.47. The van der Waals surface area contributed by atoms with Crippen molar-refractivity contribution in [3.63, 3.8) is 0 Å². The Labute approximate surface area is 136 Å². The van der Waals surface area contributed by atoms with Crippen molar-refractivity contribution in [3.8, 4) is 11.5 Å². The molecule has 0 spiro atoms. The molecule has 1 aromatic carbocycles. The number of anilines is 1. The van der Waals surface area contributed by atoms with Crippen LogP contribution in [0.25, 0.3) is 0 Å². The molecule has 0 atom stereocenters. The molecule has 0 unspecified atom stereocenters. The largest absolute Gasteiger partial charge is 0.486 e. The van der Waals surface area contributed by atoms with Gasteiger partial charge in [0.25, 0.3) is 0 Å². The Bertz CT molecular complexity index is 659. The fraction of sp³-hybridized carbons (Fsp3) is 0.267. The summed E-state index contributed by atoms with van der Waals surface area (Å²) in [4.78, 5) is 4.09. The van der Waals surface area contributed by atoms with Crippen LogP contribution in [0.4, 0.5) is 5.69 Å². The highest BCUT2D eigenvalue weighted by molar-refractivity contribution is 9.10. The third kappa shape index (κ3) is 3.09. The first kappa shape index (κ1) is 14.5. The van der Waals surface area contributed by atoms with E-state index in [-0.39, 0.29) is 0 Å². The van der Waals surface area contributed by atoms with Gasteiger partial charge in [-0.15, -0.1) is 0 Å². The molecule has 0 saturated heterocycles. The fourth-order valence-electron chi connectivity index (χ4n) is 2.19. The summed E-state index contributed by atoms with van der Waals surface area (Å²) in [6.07, 6.45) is 1.70. The van der Waals surface area contributed by atoms with E-state index in [0.717, 1.165) is 32.8 Å². The number of pyridine rings is 1. The van der Waals surface area contributed by atoms with E-state index in [9.17, 15) is 0 Å². The maximum absolute atomic E-state index is 6.11. The molecule has 0 aliphatic carbocycles. The monoisotopic (exact) mass is 368 g/mol. The normalized spacial score (nSPS) is 13.1. The Morgan fingerprint density at radius 3 is 2.95 bits per heavy atom. The molecule has 21 heavy (non-hydrogen) atoms. The van der Waals surface area contributed by atoms with Crippen molar-refractivity contribution in [3.05, 3.63) is 45.1 Å². The molecule has 0 amide bonds. The van der Waals surface area contributed by atoms with E-state index in [2.05, 4.69) is 26.2 Å². The molecule has 1 N–H and O–H groups in total. The van der Waals surface area contributed by atoms with Crippen molar-refractivity contribution < 1.29 is 9.47 Å². The van der Waals surface area contributed by atoms with Crippen molar-refractivity contribution in [2.45, 2.75) is 13.5 Å². The summed E-state index contributed by atoms with van der Waals surface area (Å²) in [6, 6.07) is 5.92. The highest BCUT2D eigenvalue weighted by Gasteiger charge is 2.16. The maximum atomic E-state index is 6.11. The van der Waals surface area contributed by atoms with Crippen LogP contribution in [0.1, 0.15) is 11.1 Å². The number of nitrogens with zero attached hydrogens (tertiary/aromatic N) is 1. The predicted molar refractivity (Wildman–Crippen MR) is 86.4 cm³/mol. The number of benzene rings is 1. The van der Waals surface area contributed by atoms with Crippen LogP contribution in [0, 0.1) is 6.92 Å². The minimum Gasteiger partial charge on any atom is -0.486 e. The first-order valence-electron chi connectivity index (χ1n) is 6.58. The van der Waals surface area contributed by atoms with E-state index in [0.29, 0.717) is 24.9 Å². The summed E-state index contributed by atoms with van der Waals surface area (Å²) < 4.78 is 12.1. The Balaban J connectivity index is 1.81. The van der Waals surface area contributed by atoms with Crippen molar-refractivity contribution in [1.82, 2.24) is 4.98 Å². The number of aromatic nitrogens is 1. The Hall–Kier alpha value is -1.46. The first-order valence-corrected chi connectivity index (χ1v) is 7.75. The number of rotatable bonds is 3. The topological polar surface area (TPSA) is 43.4 Å². The lowest BCUT2D eigenvalue weighted by molar-refractivity contribution is 0.170. The van der Waals surface area contributed by atoms with Crippen molar-refractivity contribution in [2.75, 3.05) is 18.5 Å². The summed E-state index contributed by atoms with van der Waals surface area (Å²) in [6.45, 7) is 3.77. The number of hydrogen-bond acceptors (Lipinski definition) is 4. The molecule has 1 aliphatic rings. The number of halogens is 2. The van der Waals surface area contributed by atoms with Crippen LogP contribution >= 0.6 is 27.5 Å². The molecule has 1 aromatic heterocycles. The third-order valence-corrected chi connectivity index (χ3v) is 4.11. The Morgan fingerprint density at radius 2 is 2.14 bits per heavy atom. The lowest BCUT2D eigenvalue weighted by Gasteiger charge is -2.20. The molecular formula is C15H14BrClN2O2. The molecule has 0 saturated carbocycles. The Kier molecular flexibility index (Phi) is 4.22. The minimum absolute atomic E-state index is 0.478. The Morgan fingerprint density at radius 1 is 1.33 bits per heavy atom. The molecule has 0 bridgehead atoms. The van der Waals surface area contributed by atoms with Gasteiger partial charge < -0.3 is 14.8 Å². The maximum Gasteiger partial charge on any atom is 0.175 e. The van der Waals surface area contributed by atoms with Gasteiger partial charge in [-0.05, 0) is 52.2 Å². The summed E-state index contributed by atoms with van der Waals surface area (Å²) >= 11 is 9.63. The third-order valence-electron chi connectivity index (χ3n) is 3.24. The molecule has 0 fully saturated rings. The van der Waals surface area contributed by atoms with Crippen LogP contribution in [0.2, 0.25) is 5.15 Å². The number of hydrogen-bond donors (Lipinski definition) is 1. The van der Waals surface area contributed by atoms with E-state index < -0.39 is 0 Å². The second-order valence-electron chi connectivity index (χ2n) is 4.75. The van der Waals surface area contributed by atoms with Gasteiger partial charge in [-0.1, -0.05) is 11.6 Å². The number of nitrogens with one attached hydrogen (secondary N) is 1. The minimum atomic E-state index is 0.478. The van der Waals surface area contributed by atoms with E-state index in [1.54, 1.807) is 6.20 Å². The number of fused-ring (bicyclic) bond motifs is 1. The number of aryl methyl sites for hydroxylation is 1. The van der Waals surface area contributed by atoms with Crippen LogP contribution < -0.4 is 14.8 Å². The zero-order valence-electron chi connectivity index (χ0n) is 11.5. The predicted octanol–water partition coefficient (Wildman–Crippen LogP) is 4.19. The zero-order valence-corrected chi connectivity index (χ0v) is 13.8. The summed E-state index contributed by atoms with van der Waals surface area (Å²) in [5, 5.41) is 3.80. The van der Waals surface area contributed by atoms with Gasteiger partial charge in [0.05, 0.1) is 10.2 Å². The van der Waals surface area contributed by atoms with Crippen LogP contribution in [0.3, 0.4) is 0 Å². The van der Waals surface area contributed by atoms with Gasteiger partial charge >= 0.3 is 0 Å². The molecule has 3 rings (SSSR count). The first-order chi connectivity index (χ1) is 10.1. The van der Waals surface area contributed by atoms with Crippen molar-refractivity contribution in [1.29, 1.82) is 0 Å². The lowest BCUT2D eigenvalue weighted by atomic mass is 10.1. The van der Waals surface area contributed by atoms with Crippen molar-refractivity contribution in [2.24, 2.45) is 0 Å². The van der Waals surface area contributed by atoms with Gasteiger partial charge in [0.1, 0.15) is 13.2 Å². The second kappa shape index (κ2) is 6.12.